The van der Waals surface area contributed by atoms with Crippen molar-refractivity contribution in [3.8, 4) is 0 Å². The largest absolute Gasteiger partial charge is 0.463 e. The quantitative estimate of drug-likeness (QED) is 0.419. The number of carbonyl (C=O) groups excluding carboxylic acids is 3. The van der Waals surface area contributed by atoms with Gasteiger partial charge < -0.3 is 14.2 Å². The van der Waals surface area contributed by atoms with Crippen molar-refractivity contribution in [1.29, 1.82) is 0 Å². The number of rotatable bonds is 6. The molecular weight excluding hydrogens is 445 g/mol. The van der Waals surface area contributed by atoms with E-state index in [9.17, 15) is 14.4 Å². The summed E-state index contributed by atoms with van der Waals surface area (Å²) < 4.78 is 15.7. The Bertz CT molecular complexity index is 911. The Hall–Kier alpha value is -2.51. The Kier molecular flexibility index (Phi) is 8.53. The molecule has 31 heavy (non-hydrogen) atoms. The molecule has 0 N–H and O–H groups in total. The van der Waals surface area contributed by atoms with Crippen LogP contribution in [-0.2, 0) is 23.8 Å². The lowest BCUT2D eigenvalue weighted by Crippen LogP contribution is -2.39. The molecule has 2 rings (SSSR count). The summed E-state index contributed by atoms with van der Waals surface area (Å²) in [6.07, 6.45) is -0.721. The maximum atomic E-state index is 13.0. The lowest BCUT2D eigenvalue weighted by molar-refractivity contribution is -0.139. The van der Waals surface area contributed by atoms with Crippen molar-refractivity contribution in [1.82, 2.24) is 4.90 Å². The molecule has 1 aromatic carbocycles. The van der Waals surface area contributed by atoms with Gasteiger partial charge in [-0.3, -0.25) is 4.90 Å². The van der Waals surface area contributed by atoms with Crippen LogP contribution in [0.5, 0.6) is 0 Å². The van der Waals surface area contributed by atoms with Gasteiger partial charge in [-0.15, -0.1) is 0 Å². The van der Waals surface area contributed by atoms with E-state index >= 15 is 0 Å². The van der Waals surface area contributed by atoms with Crippen LogP contribution in [0.15, 0.2) is 40.7 Å². The molecule has 168 valence electrons. The summed E-state index contributed by atoms with van der Waals surface area (Å²) in [5.41, 5.74) is 1.19. The summed E-state index contributed by atoms with van der Waals surface area (Å²) in [6.45, 7) is 8.49. The summed E-state index contributed by atoms with van der Waals surface area (Å²) in [5, 5.41) is 0.653. The van der Waals surface area contributed by atoms with Gasteiger partial charge in [0.05, 0.1) is 36.9 Å². The second kappa shape index (κ2) is 10.7. The van der Waals surface area contributed by atoms with E-state index in [4.69, 9.17) is 37.4 Å². The van der Waals surface area contributed by atoms with Crippen LogP contribution in [-0.4, -0.2) is 42.8 Å². The van der Waals surface area contributed by atoms with Crippen molar-refractivity contribution in [3.63, 3.8) is 0 Å². The van der Waals surface area contributed by atoms with Gasteiger partial charge >= 0.3 is 18.0 Å². The standard InChI is InChI=1S/C22H25Cl2NO6/c1-6-29-20(26)17-12(4)25(22(28)31-8-3)13(5)18(21(27)30-7-2)19(17)15-10-9-14(23)11-16(15)24/h9-11,19H,6-8H2,1-5H3. The highest BCUT2D eigenvalue weighted by atomic mass is 35.5. The van der Waals surface area contributed by atoms with E-state index in [0.717, 1.165) is 0 Å². The number of halogens is 2. The summed E-state index contributed by atoms with van der Waals surface area (Å²) >= 11 is 12.5. The first-order chi connectivity index (χ1) is 14.7. The van der Waals surface area contributed by atoms with Gasteiger partial charge in [-0.05, 0) is 52.3 Å². The highest BCUT2D eigenvalue weighted by Crippen LogP contribution is 2.45. The van der Waals surface area contributed by atoms with Crippen LogP contribution in [0.1, 0.15) is 46.1 Å². The van der Waals surface area contributed by atoms with Crippen LogP contribution < -0.4 is 0 Å². The van der Waals surface area contributed by atoms with Gasteiger partial charge in [-0.1, -0.05) is 29.3 Å². The molecule has 1 aliphatic heterocycles. The first-order valence-corrected chi connectivity index (χ1v) is 10.6. The minimum Gasteiger partial charge on any atom is -0.463 e. The molecule has 0 aromatic heterocycles. The van der Waals surface area contributed by atoms with Crippen molar-refractivity contribution >= 4 is 41.2 Å². The molecule has 9 heteroatoms. The van der Waals surface area contributed by atoms with Gasteiger partial charge in [0, 0.05) is 21.4 Å². The van der Waals surface area contributed by atoms with Crippen LogP contribution >= 0.6 is 23.2 Å². The van der Waals surface area contributed by atoms with Crippen molar-refractivity contribution in [2.45, 2.75) is 40.5 Å². The fourth-order valence-electron chi connectivity index (χ4n) is 3.51. The maximum Gasteiger partial charge on any atom is 0.418 e. The zero-order valence-corrected chi connectivity index (χ0v) is 19.6. The number of ether oxygens (including phenoxy) is 3. The number of allylic oxidation sites excluding steroid dienone is 2. The van der Waals surface area contributed by atoms with E-state index in [0.29, 0.717) is 10.6 Å². The van der Waals surface area contributed by atoms with Gasteiger partial charge in [0.1, 0.15) is 0 Å². The number of carbonyl (C=O) groups is 3. The van der Waals surface area contributed by atoms with Gasteiger partial charge in [0.15, 0.2) is 0 Å². The molecule has 0 radical (unpaired) electrons. The van der Waals surface area contributed by atoms with Gasteiger partial charge in [-0.25, -0.2) is 14.4 Å². The van der Waals surface area contributed by atoms with E-state index in [2.05, 4.69) is 0 Å². The first kappa shape index (κ1) is 24.8. The Morgan fingerprint density at radius 1 is 0.871 bits per heavy atom. The van der Waals surface area contributed by atoms with E-state index in [1.54, 1.807) is 46.8 Å². The zero-order valence-electron chi connectivity index (χ0n) is 18.1. The van der Waals surface area contributed by atoms with E-state index in [-0.39, 0.29) is 47.4 Å². The van der Waals surface area contributed by atoms with E-state index < -0.39 is 23.9 Å². The lowest BCUT2D eigenvalue weighted by atomic mass is 9.79. The van der Waals surface area contributed by atoms with E-state index in [1.165, 1.54) is 11.0 Å². The lowest BCUT2D eigenvalue weighted by Gasteiger charge is -2.36. The third kappa shape index (κ3) is 5.05. The van der Waals surface area contributed by atoms with Crippen molar-refractivity contribution in [2.75, 3.05) is 19.8 Å². The molecule has 0 unspecified atom stereocenters. The number of hydrogen-bond donors (Lipinski definition) is 0. The molecule has 0 spiro atoms. The average Bonchev–Trinajstić information content (AvgIpc) is 2.68. The van der Waals surface area contributed by atoms with Crippen LogP contribution in [0.3, 0.4) is 0 Å². The number of amides is 1. The molecule has 0 aliphatic carbocycles. The van der Waals surface area contributed by atoms with Gasteiger partial charge in [0.25, 0.3) is 0 Å². The minimum atomic E-state index is -0.923. The molecule has 0 saturated heterocycles. The van der Waals surface area contributed by atoms with Crippen LogP contribution in [0, 0.1) is 0 Å². The second-order valence-electron chi connectivity index (χ2n) is 6.57. The molecule has 1 aliphatic rings. The van der Waals surface area contributed by atoms with E-state index in [1.807, 2.05) is 0 Å². The number of hydrogen-bond acceptors (Lipinski definition) is 6. The number of benzene rings is 1. The Morgan fingerprint density at radius 2 is 1.35 bits per heavy atom. The molecule has 0 atom stereocenters. The van der Waals surface area contributed by atoms with Crippen molar-refractivity contribution in [3.05, 3.63) is 56.3 Å². The SMILES string of the molecule is CCOC(=O)C1=C(C)N(C(=O)OCC)C(C)=C(C(=O)OCC)C1c1ccc(Cl)cc1Cl. The second-order valence-corrected chi connectivity index (χ2v) is 7.42. The van der Waals surface area contributed by atoms with Gasteiger partial charge in [-0.2, -0.15) is 0 Å². The maximum absolute atomic E-state index is 13.0. The Morgan fingerprint density at radius 3 is 1.77 bits per heavy atom. The number of esters is 2. The Labute approximate surface area is 191 Å². The normalized spacial score (nSPS) is 14.6. The smallest absolute Gasteiger partial charge is 0.418 e. The molecule has 0 bridgehead atoms. The third-order valence-electron chi connectivity index (χ3n) is 4.74. The Balaban J connectivity index is 2.86. The average molecular weight is 470 g/mol. The van der Waals surface area contributed by atoms with Crippen LogP contribution in [0.2, 0.25) is 10.0 Å². The third-order valence-corrected chi connectivity index (χ3v) is 5.30. The highest BCUT2D eigenvalue weighted by Gasteiger charge is 2.43. The topological polar surface area (TPSA) is 82.1 Å². The minimum absolute atomic E-state index is 0.0905. The summed E-state index contributed by atoms with van der Waals surface area (Å²) in [4.78, 5) is 39.9. The summed E-state index contributed by atoms with van der Waals surface area (Å²) in [6, 6.07) is 4.76. The molecular formula is C22H25Cl2NO6. The first-order valence-electron chi connectivity index (χ1n) is 9.86. The molecule has 1 heterocycles. The molecule has 1 aromatic rings. The summed E-state index contributed by atoms with van der Waals surface area (Å²) in [7, 11) is 0. The molecule has 0 saturated carbocycles. The highest BCUT2D eigenvalue weighted by molar-refractivity contribution is 6.35. The van der Waals surface area contributed by atoms with Crippen LogP contribution in [0.4, 0.5) is 4.79 Å². The van der Waals surface area contributed by atoms with Crippen LogP contribution in [0.25, 0.3) is 0 Å². The molecule has 7 nitrogen and oxygen atoms in total. The predicted octanol–water partition coefficient (Wildman–Crippen LogP) is 5.22. The fraction of sp³-hybridized carbons (Fsp3) is 0.409. The van der Waals surface area contributed by atoms with Crippen molar-refractivity contribution < 1.29 is 28.6 Å². The molecule has 1 amide bonds. The predicted molar refractivity (Wildman–Crippen MR) is 117 cm³/mol. The molecule has 0 fully saturated rings. The van der Waals surface area contributed by atoms with Gasteiger partial charge in [0.2, 0.25) is 0 Å². The number of nitrogens with zero attached hydrogens (tertiary/aromatic N) is 1. The fourth-order valence-corrected chi connectivity index (χ4v) is 4.03. The monoisotopic (exact) mass is 469 g/mol. The van der Waals surface area contributed by atoms with Crippen molar-refractivity contribution in [2.24, 2.45) is 0 Å². The zero-order chi connectivity index (χ0) is 23.3. The summed E-state index contributed by atoms with van der Waals surface area (Å²) in [5.74, 6) is -2.28.